The van der Waals surface area contributed by atoms with Gasteiger partial charge in [0.05, 0.1) is 40.3 Å². The maximum Gasteiger partial charge on any atom is 0.313 e. The number of carbonyl (C=O) groups excluding carboxylic acids is 1. The summed E-state index contributed by atoms with van der Waals surface area (Å²) in [5.74, 6) is -0.417. The molecule has 1 rings (SSSR count). The van der Waals surface area contributed by atoms with Crippen LogP contribution in [-0.4, -0.2) is 24.6 Å². The first kappa shape index (κ1) is 15.2. The summed E-state index contributed by atoms with van der Waals surface area (Å²) in [7, 11) is 1.25. The summed E-state index contributed by atoms with van der Waals surface area (Å²) < 4.78 is 10.1. The lowest BCUT2D eigenvalue weighted by Gasteiger charge is -2.08. The van der Waals surface area contributed by atoms with E-state index in [1.165, 1.54) is 13.2 Å². The molecule has 0 amide bonds. The lowest BCUT2D eigenvalue weighted by molar-refractivity contribution is -0.386. The minimum Gasteiger partial charge on any atom is -0.485 e. The van der Waals surface area contributed by atoms with Gasteiger partial charge in [-0.3, -0.25) is 14.9 Å². The molecule has 0 N–H and O–H groups in total. The Labute approximate surface area is 122 Å². The molecule has 8 heteroatoms. The Hall–Kier alpha value is -1.89. The fraction of sp³-hybridized carbons (Fsp3) is 0.273. The van der Waals surface area contributed by atoms with Gasteiger partial charge in [-0.05, 0) is 28.7 Å². The summed E-state index contributed by atoms with van der Waals surface area (Å²) in [6, 6.07) is 4.44. The number of hydrogen-bond donors (Lipinski definition) is 0. The van der Waals surface area contributed by atoms with E-state index in [-0.39, 0.29) is 30.0 Å². The first-order chi connectivity index (χ1) is 8.99. The van der Waals surface area contributed by atoms with Gasteiger partial charge in [0.25, 0.3) is 0 Å². The average molecular weight is 376 g/mol. The van der Waals surface area contributed by atoms with Crippen LogP contribution in [0.25, 0.3) is 0 Å². The van der Waals surface area contributed by atoms with E-state index in [0.29, 0.717) is 3.57 Å². The number of hydrogen-bond acceptors (Lipinski definition) is 6. The topological polar surface area (TPSA) is 102 Å². The number of ether oxygens (including phenoxy) is 2. The van der Waals surface area contributed by atoms with Crippen molar-refractivity contribution in [1.29, 1.82) is 5.26 Å². The Morgan fingerprint density at radius 2 is 2.26 bits per heavy atom. The molecular formula is C11H9IN2O5. The maximum atomic E-state index is 10.9. The van der Waals surface area contributed by atoms with Gasteiger partial charge in [-0.1, -0.05) is 0 Å². The molecule has 0 saturated heterocycles. The molecule has 0 aliphatic rings. The molecule has 0 aliphatic heterocycles. The van der Waals surface area contributed by atoms with Gasteiger partial charge in [-0.25, -0.2) is 0 Å². The van der Waals surface area contributed by atoms with Crippen LogP contribution in [0.3, 0.4) is 0 Å². The minimum atomic E-state index is -0.628. The number of nitro benzene ring substituents is 1. The number of nitro groups is 1. The molecule has 0 fully saturated rings. The zero-order chi connectivity index (χ0) is 14.4. The van der Waals surface area contributed by atoms with Crippen molar-refractivity contribution in [3.8, 4) is 11.8 Å². The second-order valence-corrected chi connectivity index (χ2v) is 4.51. The fourth-order valence-electron chi connectivity index (χ4n) is 1.26. The van der Waals surface area contributed by atoms with Crippen molar-refractivity contribution in [3.05, 3.63) is 31.4 Å². The molecule has 7 nitrogen and oxygen atoms in total. The molecule has 1 aromatic carbocycles. The van der Waals surface area contributed by atoms with Gasteiger partial charge >= 0.3 is 11.7 Å². The molecule has 0 unspecified atom stereocenters. The highest BCUT2D eigenvalue weighted by molar-refractivity contribution is 14.1. The second-order valence-electron chi connectivity index (χ2n) is 3.35. The molecule has 0 atom stereocenters. The zero-order valence-electron chi connectivity index (χ0n) is 9.88. The predicted molar refractivity (Wildman–Crippen MR) is 72.7 cm³/mol. The Bertz CT molecular complexity index is 553. The molecule has 0 heterocycles. The van der Waals surface area contributed by atoms with Crippen LogP contribution in [0.5, 0.6) is 5.75 Å². The monoisotopic (exact) mass is 376 g/mol. The highest BCUT2D eigenvalue weighted by Gasteiger charge is 2.20. The van der Waals surface area contributed by atoms with Crippen LogP contribution in [0.2, 0.25) is 0 Å². The number of benzene rings is 1. The normalized spacial score (nSPS) is 9.53. The third-order valence-corrected chi connectivity index (χ3v) is 2.93. The third-order valence-electron chi connectivity index (χ3n) is 2.13. The van der Waals surface area contributed by atoms with Gasteiger partial charge in [-0.2, -0.15) is 5.26 Å². The molecule has 1 aromatic rings. The number of rotatable bonds is 5. The Morgan fingerprint density at radius 3 is 2.79 bits per heavy atom. The molecule has 0 aromatic heterocycles. The molecule has 19 heavy (non-hydrogen) atoms. The summed E-state index contributed by atoms with van der Waals surface area (Å²) in [4.78, 5) is 21.2. The van der Waals surface area contributed by atoms with Crippen molar-refractivity contribution in [1.82, 2.24) is 0 Å². The second kappa shape index (κ2) is 6.89. The van der Waals surface area contributed by atoms with Gasteiger partial charge < -0.3 is 9.47 Å². The summed E-state index contributed by atoms with van der Waals surface area (Å²) in [5.41, 5.74) is -0.121. The smallest absolute Gasteiger partial charge is 0.313 e. The van der Waals surface area contributed by atoms with Crippen LogP contribution >= 0.6 is 22.6 Å². The molecule has 0 aliphatic carbocycles. The standard InChI is InChI=1S/C11H9IN2O5/c1-18-10(15)2-3-19-11-8(12)4-7(6-13)5-9(11)14(16)17/h4-5H,2-3H2,1H3. The van der Waals surface area contributed by atoms with Crippen molar-refractivity contribution >= 4 is 34.2 Å². The maximum absolute atomic E-state index is 10.9. The number of esters is 1. The Balaban J connectivity index is 2.96. The van der Waals surface area contributed by atoms with E-state index in [1.807, 2.05) is 28.7 Å². The van der Waals surface area contributed by atoms with Crippen molar-refractivity contribution in [3.63, 3.8) is 0 Å². The highest BCUT2D eigenvalue weighted by Crippen LogP contribution is 2.33. The quantitative estimate of drug-likeness (QED) is 0.337. The van der Waals surface area contributed by atoms with Crippen LogP contribution in [0.4, 0.5) is 5.69 Å². The SMILES string of the molecule is COC(=O)CCOc1c(I)cc(C#N)cc1[N+](=O)[O-]. The molecular weight excluding hydrogens is 367 g/mol. The molecule has 0 spiro atoms. The lowest BCUT2D eigenvalue weighted by atomic mass is 10.2. The molecule has 100 valence electrons. The van der Waals surface area contributed by atoms with E-state index in [2.05, 4.69) is 4.74 Å². The van der Waals surface area contributed by atoms with Gasteiger partial charge in [0, 0.05) is 6.07 Å². The van der Waals surface area contributed by atoms with Gasteiger partial charge in [0.1, 0.15) is 0 Å². The average Bonchev–Trinajstić information content (AvgIpc) is 2.39. The molecule has 0 radical (unpaired) electrons. The van der Waals surface area contributed by atoms with Crippen molar-refractivity contribution < 1.29 is 19.2 Å². The van der Waals surface area contributed by atoms with Crippen LogP contribution in [-0.2, 0) is 9.53 Å². The number of halogens is 1. The van der Waals surface area contributed by atoms with E-state index in [4.69, 9.17) is 10.00 Å². The van der Waals surface area contributed by atoms with Gasteiger partial charge in [0.2, 0.25) is 5.75 Å². The van der Waals surface area contributed by atoms with Crippen molar-refractivity contribution in [2.24, 2.45) is 0 Å². The molecule has 0 bridgehead atoms. The van der Waals surface area contributed by atoms with Crippen molar-refractivity contribution in [2.75, 3.05) is 13.7 Å². The summed E-state index contributed by atoms with van der Waals surface area (Å²) >= 11 is 1.84. The number of nitriles is 1. The third kappa shape index (κ3) is 4.06. The fourth-order valence-corrected chi connectivity index (χ4v) is 2.03. The van der Waals surface area contributed by atoms with Crippen molar-refractivity contribution in [2.45, 2.75) is 6.42 Å². The summed E-state index contributed by atoms with van der Waals surface area (Å²) in [6.45, 7) is -0.0323. The summed E-state index contributed by atoms with van der Waals surface area (Å²) in [5, 5.41) is 19.7. The van der Waals surface area contributed by atoms with Crippen LogP contribution in [0.1, 0.15) is 12.0 Å². The van der Waals surface area contributed by atoms with E-state index in [0.717, 1.165) is 6.07 Å². The van der Waals surface area contributed by atoms with E-state index < -0.39 is 10.9 Å². The minimum absolute atomic E-state index is 0.0102. The number of nitrogens with zero attached hydrogens (tertiary/aromatic N) is 2. The van der Waals surface area contributed by atoms with E-state index in [1.54, 1.807) is 0 Å². The number of carbonyl (C=O) groups is 1. The summed E-state index contributed by atoms with van der Waals surface area (Å²) in [6.07, 6.45) is -0.0102. The first-order valence-electron chi connectivity index (χ1n) is 5.07. The van der Waals surface area contributed by atoms with Crippen LogP contribution in [0.15, 0.2) is 12.1 Å². The van der Waals surface area contributed by atoms with Gasteiger partial charge in [0.15, 0.2) is 0 Å². The van der Waals surface area contributed by atoms with Gasteiger partial charge in [-0.15, -0.1) is 0 Å². The first-order valence-corrected chi connectivity index (χ1v) is 6.15. The van der Waals surface area contributed by atoms with E-state index in [9.17, 15) is 14.9 Å². The lowest BCUT2D eigenvalue weighted by Crippen LogP contribution is -2.09. The van der Waals surface area contributed by atoms with Crippen LogP contribution < -0.4 is 4.74 Å². The van der Waals surface area contributed by atoms with E-state index >= 15 is 0 Å². The zero-order valence-corrected chi connectivity index (χ0v) is 12.0. The predicted octanol–water partition coefficient (Wildman–Crippen LogP) is 2.01. The number of methoxy groups -OCH3 is 1. The Kier molecular flexibility index (Phi) is 5.50. The molecule has 0 saturated carbocycles. The Morgan fingerprint density at radius 1 is 1.58 bits per heavy atom. The van der Waals surface area contributed by atoms with Crippen LogP contribution in [0, 0.1) is 25.0 Å². The largest absolute Gasteiger partial charge is 0.485 e. The highest BCUT2D eigenvalue weighted by atomic mass is 127.